The smallest absolute Gasteiger partial charge is 0.289 e. The molecule has 0 fully saturated rings. The minimum absolute atomic E-state index is 0.0390. The predicted octanol–water partition coefficient (Wildman–Crippen LogP) is 3.10. The molecule has 2 aromatic rings. The Morgan fingerprint density at radius 3 is 2.52 bits per heavy atom. The molecule has 0 saturated carbocycles. The molecule has 0 bridgehead atoms. The summed E-state index contributed by atoms with van der Waals surface area (Å²) in [5.41, 5.74) is -0.467. The van der Waals surface area contributed by atoms with E-state index in [0.717, 1.165) is 12.4 Å². The summed E-state index contributed by atoms with van der Waals surface area (Å²) in [7, 11) is 0. The molecule has 0 aliphatic heterocycles. The molecule has 2 rings (SSSR count). The lowest BCUT2D eigenvalue weighted by Gasteiger charge is -2.12. The van der Waals surface area contributed by atoms with Crippen LogP contribution in [-0.2, 0) is 12.5 Å². The molecule has 0 saturated heterocycles. The SMILES string of the molecule is Cc1c(F)cncc1CNC(=O)c1cnc(C(C)(F)F)c(F)c1. The van der Waals surface area contributed by atoms with E-state index < -0.39 is 29.2 Å². The van der Waals surface area contributed by atoms with Crippen molar-refractivity contribution in [2.24, 2.45) is 0 Å². The second-order valence-electron chi connectivity index (χ2n) is 5.03. The summed E-state index contributed by atoms with van der Waals surface area (Å²) in [6.45, 7) is 2.00. The lowest BCUT2D eigenvalue weighted by atomic mass is 10.1. The van der Waals surface area contributed by atoms with Gasteiger partial charge >= 0.3 is 0 Å². The zero-order chi connectivity index (χ0) is 17.2. The zero-order valence-electron chi connectivity index (χ0n) is 12.3. The fraction of sp³-hybridized carbons (Fsp3) is 0.267. The van der Waals surface area contributed by atoms with E-state index in [0.29, 0.717) is 24.1 Å². The van der Waals surface area contributed by atoms with E-state index in [-0.39, 0.29) is 12.1 Å². The van der Waals surface area contributed by atoms with Crippen molar-refractivity contribution < 1.29 is 22.4 Å². The van der Waals surface area contributed by atoms with E-state index in [1.807, 2.05) is 0 Å². The topological polar surface area (TPSA) is 54.9 Å². The average Bonchev–Trinajstić information content (AvgIpc) is 2.47. The molecule has 2 aromatic heterocycles. The molecule has 0 aromatic carbocycles. The quantitative estimate of drug-likeness (QED) is 0.878. The van der Waals surface area contributed by atoms with Crippen LogP contribution in [-0.4, -0.2) is 15.9 Å². The van der Waals surface area contributed by atoms with Gasteiger partial charge in [-0.1, -0.05) is 0 Å². The summed E-state index contributed by atoms with van der Waals surface area (Å²) >= 11 is 0. The highest BCUT2D eigenvalue weighted by Gasteiger charge is 2.30. The molecule has 1 amide bonds. The van der Waals surface area contributed by atoms with Crippen molar-refractivity contribution in [2.45, 2.75) is 26.3 Å². The number of alkyl halides is 2. The summed E-state index contributed by atoms with van der Waals surface area (Å²) in [6.07, 6.45) is 3.30. The maximum Gasteiger partial charge on any atom is 0.289 e. The number of aromatic nitrogens is 2. The highest BCUT2D eigenvalue weighted by molar-refractivity contribution is 5.93. The number of amides is 1. The van der Waals surface area contributed by atoms with Crippen LogP contribution in [0.25, 0.3) is 0 Å². The maximum absolute atomic E-state index is 13.6. The van der Waals surface area contributed by atoms with Crippen molar-refractivity contribution in [3.8, 4) is 0 Å². The fourth-order valence-electron chi connectivity index (χ4n) is 1.88. The number of rotatable bonds is 4. The molecule has 0 unspecified atom stereocenters. The Morgan fingerprint density at radius 1 is 1.22 bits per heavy atom. The van der Waals surface area contributed by atoms with E-state index in [2.05, 4.69) is 15.3 Å². The van der Waals surface area contributed by atoms with Crippen LogP contribution in [0.4, 0.5) is 17.6 Å². The first-order valence-corrected chi connectivity index (χ1v) is 6.61. The molecular weight excluding hydrogens is 314 g/mol. The molecule has 23 heavy (non-hydrogen) atoms. The van der Waals surface area contributed by atoms with E-state index in [4.69, 9.17) is 0 Å². The third-order valence-electron chi connectivity index (χ3n) is 3.22. The molecule has 1 N–H and O–H groups in total. The van der Waals surface area contributed by atoms with E-state index in [9.17, 15) is 22.4 Å². The Bertz CT molecular complexity index is 744. The second-order valence-corrected chi connectivity index (χ2v) is 5.03. The number of carbonyl (C=O) groups is 1. The van der Waals surface area contributed by atoms with Crippen LogP contribution in [0.2, 0.25) is 0 Å². The lowest BCUT2D eigenvalue weighted by molar-refractivity contribution is 0.00868. The Labute approximate surface area is 129 Å². The lowest BCUT2D eigenvalue weighted by Crippen LogP contribution is -2.24. The van der Waals surface area contributed by atoms with E-state index in [1.165, 1.54) is 13.1 Å². The van der Waals surface area contributed by atoms with Gasteiger partial charge in [-0.25, -0.2) is 8.78 Å². The third kappa shape index (κ3) is 3.82. The fourth-order valence-corrected chi connectivity index (χ4v) is 1.88. The van der Waals surface area contributed by atoms with Gasteiger partial charge in [0.05, 0.1) is 11.8 Å². The minimum Gasteiger partial charge on any atom is -0.348 e. The van der Waals surface area contributed by atoms with Crippen molar-refractivity contribution in [2.75, 3.05) is 0 Å². The number of nitrogens with zero attached hydrogens (tertiary/aromatic N) is 2. The van der Waals surface area contributed by atoms with Gasteiger partial charge in [0, 0.05) is 25.9 Å². The summed E-state index contributed by atoms with van der Waals surface area (Å²) in [6, 6.07) is 0.686. The van der Waals surface area contributed by atoms with Crippen LogP contribution in [0.3, 0.4) is 0 Å². The number of hydrogen-bond donors (Lipinski definition) is 1. The summed E-state index contributed by atoms with van der Waals surface area (Å²) in [4.78, 5) is 18.9. The van der Waals surface area contributed by atoms with Gasteiger partial charge in [-0.3, -0.25) is 14.8 Å². The molecule has 8 heteroatoms. The highest BCUT2D eigenvalue weighted by Crippen LogP contribution is 2.27. The minimum atomic E-state index is -3.44. The summed E-state index contributed by atoms with van der Waals surface area (Å²) in [5, 5.41) is 2.43. The van der Waals surface area contributed by atoms with Crippen LogP contribution in [0, 0.1) is 18.6 Å². The largest absolute Gasteiger partial charge is 0.348 e. The number of halogens is 4. The number of nitrogens with one attached hydrogen (secondary N) is 1. The predicted molar refractivity (Wildman–Crippen MR) is 73.9 cm³/mol. The standard InChI is InChI=1S/C15H13F4N3O/c1-8-10(4-20-7-12(8)17)6-22-14(23)9-3-11(16)13(21-5-9)15(2,18)19/h3-5,7H,6H2,1-2H3,(H,22,23). The Morgan fingerprint density at radius 2 is 1.91 bits per heavy atom. The van der Waals surface area contributed by atoms with Crippen molar-refractivity contribution in [3.05, 3.63) is 58.7 Å². The molecule has 122 valence electrons. The van der Waals surface area contributed by atoms with Crippen LogP contribution in [0.15, 0.2) is 24.7 Å². The van der Waals surface area contributed by atoms with Crippen LogP contribution in [0.5, 0.6) is 0 Å². The Hall–Kier alpha value is -2.51. The second kappa shape index (κ2) is 6.31. The number of pyridine rings is 2. The van der Waals surface area contributed by atoms with Crippen LogP contribution < -0.4 is 5.32 Å². The first-order chi connectivity index (χ1) is 10.7. The van der Waals surface area contributed by atoms with E-state index >= 15 is 0 Å². The van der Waals surface area contributed by atoms with Gasteiger partial charge in [0.15, 0.2) is 5.82 Å². The molecule has 0 spiro atoms. The van der Waals surface area contributed by atoms with Gasteiger partial charge in [0.25, 0.3) is 11.8 Å². The van der Waals surface area contributed by atoms with Crippen molar-refractivity contribution in [3.63, 3.8) is 0 Å². The van der Waals surface area contributed by atoms with Crippen molar-refractivity contribution in [1.82, 2.24) is 15.3 Å². The molecule has 0 aliphatic carbocycles. The molecule has 0 aliphatic rings. The summed E-state index contributed by atoms with van der Waals surface area (Å²) in [5.74, 6) is -5.94. The number of hydrogen-bond acceptors (Lipinski definition) is 3. The molecule has 2 heterocycles. The van der Waals surface area contributed by atoms with Gasteiger partial charge in [-0.05, 0) is 24.1 Å². The van der Waals surface area contributed by atoms with Crippen molar-refractivity contribution in [1.29, 1.82) is 0 Å². The van der Waals surface area contributed by atoms with Gasteiger partial charge in [0.1, 0.15) is 11.5 Å². The van der Waals surface area contributed by atoms with Gasteiger partial charge in [-0.15, -0.1) is 0 Å². The molecular formula is C15H13F4N3O. The van der Waals surface area contributed by atoms with Crippen LogP contribution >= 0.6 is 0 Å². The number of carbonyl (C=O) groups excluding carboxylic acids is 1. The van der Waals surface area contributed by atoms with Gasteiger partial charge < -0.3 is 5.32 Å². The monoisotopic (exact) mass is 327 g/mol. The van der Waals surface area contributed by atoms with Crippen molar-refractivity contribution >= 4 is 5.91 Å². The third-order valence-corrected chi connectivity index (χ3v) is 3.22. The maximum atomic E-state index is 13.6. The van der Waals surface area contributed by atoms with Gasteiger partial charge in [0.2, 0.25) is 0 Å². The first-order valence-electron chi connectivity index (χ1n) is 6.61. The van der Waals surface area contributed by atoms with Gasteiger partial charge in [-0.2, -0.15) is 8.78 Å². The molecule has 4 nitrogen and oxygen atoms in total. The summed E-state index contributed by atoms with van der Waals surface area (Å²) < 4.78 is 53.0. The molecule has 0 atom stereocenters. The Kier molecular flexibility index (Phi) is 4.63. The first kappa shape index (κ1) is 16.9. The highest BCUT2D eigenvalue weighted by atomic mass is 19.3. The normalized spacial score (nSPS) is 11.4. The average molecular weight is 327 g/mol. The zero-order valence-corrected chi connectivity index (χ0v) is 12.3. The molecule has 0 radical (unpaired) electrons. The van der Waals surface area contributed by atoms with Crippen LogP contribution in [0.1, 0.15) is 34.1 Å². The Balaban J connectivity index is 2.12. The van der Waals surface area contributed by atoms with E-state index in [1.54, 1.807) is 0 Å².